The molecule has 4 rings (SSSR count). The lowest BCUT2D eigenvalue weighted by atomic mass is 10.1. The number of alkyl halides is 3. The number of benzene rings is 2. The van der Waals surface area contributed by atoms with E-state index in [1.54, 1.807) is 48.8 Å². The minimum Gasteiger partial charge on any atom is -0.493 e. The van der Waals surface area contributed by atoms with E-state index in [1.165, 1.54) is 17.9 Å². The molecule has 0 saturated carbocycles. The third-order valence-electron chi connectivity index (χ3n) is 4.70. The molecule has 0 amide bonds. The zero-order valence-electron chi connectivity index (χ0n) is 17.8. The largest absolute Gasteiger partial charge is 0.493 e. The molecule has 0 atom stereocenters. The van der Waals surface area contributed by atoms with Crippen LogP contribution in [0.15, 0.2) is 72.0 Å². The van der Waals surface area contributed by atoms with E-state index in [2.05, 4.69) is 20.3 Å². The van der Waals surface area contributed by atoms with Crippen LogP contribution < -0.4 is 9.47 Å². The number of H-pyrrole nitrogens is 1. The summed E-state index contributed by atoms with van der Waals surface area (Å²) in [5.74, 6) is 1.23. The Kier molecular flexibility index (Phi) is 6.73. The lowest BCUT2D eigenvalue weighted by Crippen LogP contribution is -2.06. The van der Waals surface area contributed by atoms with Gasteiger partial charge in [-0.1, -0.05) is 18.2 Å². The number of aromatic nitrogens is 4. The fraction of sp³-hybridized carbons (Fsp3) is 0.130. The van der Waals surface area contributed by atoms with Crippen molar-refractivity contribution in [3.05, 3.63) is 88.3 Å². The number of ether oxygens (including phenoxy) is 2. The van der Waals surface area contributed by atoms with E-state index in [4.69, 9.17) is 21.7 Å². The summed E-state index contributed by atoms with van der Waals surface area (Å²) in [5.41, 5.74) is 0.940. The molecule has 2 aromatic heterocycles. The molecule has 174 valence electrons. The van der Waals surface area contributed by atoms with E-state index in [1.807, 2.05) is 6.07 Å². The second-order valence-corrected chi connectivity index (χ2v) is 7.41. The van der Waals surface area contributed by atoms with Gasteiger partial charge in [-0.15, -0.1) is 0 Å². The summed E-state index contributed by atoms with van der Waals surface area (Å²) in [6, 6.07) is 15.5. The van der Waals surface area contributed by atoms with Gasteiger partial charge in [-0.25, -0.2) is 5.10 Å². The van der Waals surface area contributed by atoms with Crippen LogP contribution in [-0.4, -0.2) is 33.2 Å². The molecular weight excluding hydrogens is 467 g/mol. The van der Waals surface area contributed by atoms with Crippen LogP contribution in [0.1, 0.15) is 16.7 Å². The normalized spacial score (nSPS) is 11.6. The number of hydrogen-bond acceptors (Lipinski definition) is 6. The van der Waals surface area contributed by atoms with Crippen molar-refractivity contribution in [1.29, 1.82) is 0 Å². The highest BCUT2D eigenvalue weighted by Crippen LogP contribution is 2.31. The Morgan fingerprint density at radius 1 is 1.09 bits per heavy atom. The number of methoxy groups -OCH3 is 1. The van der Waals surface area contributed by atoms with Crippen molar-refractivity contribution >= 4 is 18.4 Å². The molecule has 0 unspecified atom stereocenters. The van der Waals surface area contributed by atoms with Gasteiger partial charge in [0.15, 0.2) is 11.5 Å². The maximum absolute atomic E-state index is 12.9. The number of aromatic amines is 1. The topological polar surface area (TPSA) is 77.3 Å². The van der Waals surface area contributed by atoms with Gasteiger partial charge < -0.3 is 9.47 Å². The molecule has 0 aliphatic carbocycles. The number of nitrogens with one attached hydrogen (secondary N) is 1. The van der Waals surface area contributed by atoms with Crippen LogP contribution in [0.5, 0.6) is 11.5 Å². The van der Waals surface area contributed by atoms with Gasteiger partial charge in [0.1, 0.15) is 12.3 Å². The van der Waals surface area contributed by atoms with Crippen LogP contribution in [0.4, 0.5) is 13.2 Å². The summed E-state index contributed by atoms with van der Waals surface area (Å²) < 4.78 is 51.6. The fourth-order valence-electron chi connectivity index (χ4n) is 3.07. The summed E-state index contributed by atoms with van der Waals surface area (Å²) in [5, 5.41) is 11.3. The minimum atomic E-state index is -4.41. The molecule has 34 heavy (non-hydrogen) atoms. The zero-order chi connectivity index (χ0) is 24.1. The van der Waals surface area contributed by atoms with E-state index in [0.29, 0.717) is 38.9 Å². The monoisotopic (exact) mass is 485 g/mol. The van der Waals surface area contributed by atoms with Gasteiger partial charge in [0.05, 0.1) is 18.9 Å². The fourth-order valence-corrected chi connectivity index (χ4v) is 3.25. The molecule has 1 N–H and O–H groups in total. The Bertz CT molecular complexity index is 1370. The van der Waals surface area contributed by atoms with E-state index in [-0.39, 0.29) is 6.61 Å². The lowest BCUT2D eigenvalue weighted by Gasteiger charge is -2.12. The van der Waals surface area contributed by atoms with Crippen LogP contribution in [0.2, 0.25) is 0 Å². The van der Waals surface area contributed by atoms with Crippen LogP contribution in [0.3, 0.4) is 0 Å². The standard InChI is InChI=1S/C23H18F3N5O2S/c1-32-20-12-15(13-28-31-21(29-30-22(31)34)18-7-2-3-10-27-18)8-9-19(20)33-14-16-5-4-6-17(11-16)23(24,25)26/h2-13H,14H2,1H3,(H,30,34)/b28-13+. The van der Waals surface area contributed by atoms with Gasteiger partial charge in [0, 0.05) is 6.20 Å². The van der Waals surface area contributed by atoms with Gasteiger partial charge in [0.25, 0.3) is 0 Å². The number of rotatable bonds is 7. The maximum Gasteiger partial charge on any atom is 0.416 e. The van der Waals surface area contributed by atoms with Gasteiger partial charge in [-0.2, -0.15) is 28.0 Å². The number of halogens is 3. The predicted octanol–water partition coefficient (Wildman–Crippen LogP) is 5.49. The van der Waals surface area contributed by atoms with Gasteiger partial charge in [0.2, 0.25) is 10.6 Å². The minimum absolute atomic E-state index is 0.0503. The number of pyridine rings is 1. The first-order valence-electron chi connectivity index (χ1n) is 9.95. The summed E-state index contributed by atoms with van der Waals surface area (Å²) in [7, 11) is 1.47. The van der Waals surface area contributed by atoms with Crippen molar-refractivity contribution in [2.24, 2.45) is 5.10 Å². The molecule has 2 heterocycles. The van der Waals surface area contributed by atoms with Crippen molar-refractivity contribution in [2.45, 2.75) is 12.8 Å². The van der Waals surface area contributed by atoms with Crippen LogP contribution in [0, 0.1) is 4.77 Å². The van der Waals surface area contributed by atoms with E-state index < -0.39 is 11.7 Å². The van der Waals surface area contributed by atoms with Gasteiger partial charge in [-0.3, -0.25) is 4.98 Å². The molecule has 2 aromatic carbocycles. The summed E-state index contributed by atoms with van der Waals surface area (Å²) >= 11 is 5.26. The first kappa shape index (κ1) is 23.2. The quantitative estimate of drug-likeness (QED) is 0.277. The Morgan fingerprint density at radius 3 is 2.68 bits per heavy atom. The molecule has 0 aliphatic rings. The molecule has 7 nitrogen and oxygen atoms in total. The summed E-state index contributed by atoms with van der Waals surface area (Å²) in [6.45, 7) is -0.0503. The van der Waals surface area contributed by atoms with Crippen molar-refractivity contribution in [1.82, 2.24) is 19.9 Å². The molecule has 0 aliphatic heterocycles. The highest BCUT2D eigenvalue weighted by Gasteiger charge is 2.30. The van der Waals surface area contributed by atoms with Gasteiger partial charge in [-0.05, 0) is 65.8 Å². The lowest BCUT2D eigenvalue weighted by molar-refractivity contribution is -0.137. The first-order valence-corrected chi connectivity index (χ1v) is 10.4. The number of nitrogens with zero attached hydrogens (tertiary/aromatic N) is 4. The van der Waals surface area contributed by atoms with Crippen LogP contribution in [-0.2, 0) is 12.8 Å². The highest BCUT2D eigenvalue weighted by atomic mass is 32.1. The third kappa shape index (κ3) is 5.31. The summed E-state index contributed by atoms with van der Waals surface area (Å²) in [4.78, 5) is 4.26. The van der Waals surface area contributed by atoms with E-state index in [0.717, 1.165) is 12.1 Å². The smallest absolute Gasteiger partial charge is 0.416 e. The zero-order valence-corrected chi connectivity index (χ0v) is 18.6. The first-order chi connectivity index (χ1) is 16.3. The molecule has 0 fully saturated rings. The second-order valence-electron chi connectivity index (χ2n) is 7.02. The van der Waals surface area contributed by atoms with Crippen LogP contribution in [0.25, 0.3) is 11.5 Å². The molecule has 0 bridgehead atoms. The molecule has 0 spiro atoms. The third-order valence-corrected chi connectivity index (χ3v) is 4.97. The van der Waals surface area contributed by atoms with E-state index >= 15 is 0 Å². The van der Waals surface area contributed by atoms with Crippen molar-refractivity contribution < 1.29 is 22.6 Å². The van der Waals surface area contributed by atoms with Gasteiger partial charge >= 0.3 is 6.18 Å². The molecule has 0 radical (unpaired) electrons. The number of hydrogen-bond donors (Lipinski definition) is 1. The van der Waals surface area contributed by atoms with Crippen LogP contribution >= 0.6 is 12.2 Å². The molecule has 4 aromatic rings. The Morgan fingerprint density at radius 2 is 1.94 bits per heavy atom. The Labute approximate surface area is 197 Å². The van der Waals surface area contributed by atoms with Crippen molar-refractivity contribution in [2.75, 3.05) is 7.11 Å². The van der Waals surface area contributed by atoms with E-state index in [9.17, 15) is 13.2 Å². The molecule has 11 heteroatoms. The second kappa shape index (κ2) is 9.87. The molecular formula is C23H18F3N5O2S. The molecule has 0 saturated heterocycles. The maximum atomic E-state index is 12.9. The van der Waals surface area contributed by atoms with Crippen molar-refractivity contribution in [3.8, 4) is 23.0 Å². The highest BCUT2D eigenvalue weighted by molar-refractivity contribution is 7.71. The Balaban J connectivity index is 1.52. The summed E-state index contributed by atoms with van der Waals surface area (Å²) in [6.07, 6.45) is -1.20. The Hall–Kier alpha value is -3.99. The average molecular weight is 485 g/mol. The predicted molar refractivity (Wildman–Crippen MR) is 122 cm³/mol. The SMILES string of the molecule is COc1cc(/C=N/n2c(-c3ccccn3)n[nH]c2=S)ccc1OCc1cccc(C(F)(F)F)c1. The van der Waals surface area contributed by atoms with Crippen molar-refractivity contribution in [3.63, 3.8) is 0 Å². The average Bonchev–Trinajstić information content (AvgIpc) is 3.22.